The van der Waals surface area contributed by atoms with Gasteiger partial charge in [0.05, 0.1) is 0 Å². The van der Waals surface area contributed by atoms with Crippen LogP contribution in [0.1, 0.15) is 0 Å². The number of alkyl halides is 8. The van der Waals surface area contributed by atoms with Crippen molar-refractivity contribution < 1.29 is 35.8 Å². The summed E-state index contributed by atoms with van der Waals surface area (Å²) in [7, 11) is 0. The molecule has 0 heterocycles. The maximum absolute atomic E-state index is 13.1. The van der Waals surface area contributed by atoms with Gasteiger partial charge in [0, 0.05) is 8.95 Å². The maximum atomic E-state index is 13.1. The van der Waals surface area contributed by atoms with E-state index < -0.39 is 35.0 Å². The Morgan fingerprint density at radius 2 is 1.09 bits per heavy atom. The zero-order chi connectivity index (χ0) is 17.3. The van der Waals surface area contributed by atoms with Gasteiger partial charge in [0.25, 0.3) is 11.3 Å². The van der Waals surface area contributed by atoms with E-state index in [0.717, 1.165) is 12.1 Å². The molecule has 0 spiro atoms. The Kier molecular flexibility index (Phi) is 6.57. The van der Waals surface area contributed by atoms with Gasteiger partial charge < -0.3 is 9.47 Å². The van der Waals surface area contributed by atoms with Gasteiger partial charge in [-0.2, -0.15) is 17.6 Å². The van der Waals surface area contributed by atoms with Crippen LogP contribution in [0.2, 0.25) is 0 Å². The first-order valence-electron chi connectivity index (χ1n) is 5.06. The molecule has 2 unspecified atom stereocenters. The first-order chi connectivity index (χ1) is 9.86. The first kappa shape index (κ1) is 20.0. The zero-order valence-corrected chi connectivity index (χ0v) is 14.6. The molecule has 1 rings (SSSR count). The van der Waals surface area contributed by atoms with Gasteiger partial charge in [0.15, 0.2) is 11.5 Å². The molecule has 0 radical (unpaired) electrons. The Bertz CT molecular complexity index is 497. The molecule has 2 atom stereocenters. The van der Waals surface area contributed by atoms with E-state index in [1.165, 1.54) is 0 Å². The van der Waals surface area contributed by atoms with Crippen molar-refractivity contribution in [3.8, 4) is 11.5 Å². The van der Waals surface area contributed by atoms with Crippen molar-refractivity contribution in [2.45, 2.75) is 23.5 Å². The molecule has 0 bridgehead atoms. The van der Waals surface area contributed by atoms with E-state index in [1.54, 1.807) is 0 Å². The van der Waals surface area contributed by atoms with Crippen LogP contribution in [0.15, 0.2) is 21.1 Å². The molecule has 0 aliphatic heterocycles. The molecule has 1 aromatic rings. The van der Waals surface area contributed by atoms with Crippen molar-refractivity contribution in [3.05, 3.63) is 21.1 Å². The third-order valence-corrected chi connectivity index (χ3v) is 4.34. The van der Waals surface area contributed by atoms with Crippen LogP contribution < -0.4 is 9.47 Å². The second-order valence-electron chi connectivity index (χ2n) is 3.64. The van der Waals surface area contributed by atoms with Crippen LogP contribution in [-0.4, -0.2) is 23.5 Å². The lowest BCUT2D eigenvalue weighted by Crippen LogP contribution is -2.35. The molecule has 0 aliphatic rings. The fraction of sp³-hybridized carbons (Fsp3) is 0.400. The maximum Gasteiger partial charge on any atom is 0.444 e. The highest BCUT2D eigenvalue weighted by atomic mass is 79.9. The Labute approximate surface area is 146 Å². The minimum atomic E-state index is -4.54. The van der Waals surface area contributed by atoms with Gasteiger partial charge in [-0.1, -0.05) is 23.2 Å². The van der Waals surface area contributed by atoms with Crippen LogP contribution in [0, 0.1) is 0 Å². The molecule has 0 aromatic heterocycles. The molecule has 0 saturated carbocycles. The van der Waals surface area contributed by atoms with E-state index in [1.807, 2.05) is 0 Å². The average molecular weight is 501 g/mol. The minimum Gasteiger partial charge on any atom is -0.425 e. The van der Waals surface area contributed by atoms with Crippen molar-refractivity contribution in [2.24, 2.45) is 0 Å². The Morgan fingerprint density at radius 3 is 1.32 bits per heavy atom. The molecular formula is C10H4Br2Cl2F6O2. The van der Waals surface area contributed by atoms with Gasteiger partial charge in [-0.3, -0.25) is 0 Å². The normalized spacial score (nSPS) is 15.4. The van der Waals surface area contributed by atoms with Gasteiger partial charge in [0.2, 0.25) is 0 Å². The quantitative estimate of drug-likeness (QED) is 0.341. The monoisotopic (exact) mass is 498 g/mol. The number of benzene rings is 1. The van der Waals surface area contributed by atoms with Gasteiger partial charge in [-0.25, -0.2) is 8.78 Å². The molecule has 0 aliphatic carbocycles. The molecular weight excluding hydrogens is 497 g/mol. The van der Waals surface area contributed by atoms with Crippen molar-refractivity contribution in [1.82, 2.24) is 0 Å². The predicted octanol–water partition coefficient (Wildman–Crippen LogP) is 6.22. The van der Waals surface area contributed by atoms with E-state index in [2.05, 4.69) is 64.5 Å². The molecule has 0 amide bonds. The Hall–Kier alpha value is -0.0600. The molecule has 1 aromatic carbocycles. The lowest BCUT2D eigenvalue weighted by Gasteiger charge is -2.23. The molecule has 2 nitrogen and oxygen atoms in total. The summed E-state index contributed by atoms with van der Waals surface area (Å²) in [5.41, 5.74) is -6.52. The topological polar surface area (TPSA) is 18.5 Å². The lowest BCUT2D eigenvalue weighted by atomic mass is 10.3. The smallest absolute Gasteiger partial charge is 0.425 e. The second kappa shape index (κ2) is 7.23. The molecule has 126 valence electrons. The number of rotatable bonds is 6. The molecule has 0 saturated heterocycles. The Balaban J connectivity index is 3.24. The van der Waals surface area contributed by atoms with Gasteiger partial charge in [0.1, 0.15) is 0 Å². The fourth-order valence-corrected chi connectivity index (χ4v) is 1.79. The first-order valence-corrected chi connectivity index (χ1v) is 7.51. The van der Waals surface area contributed by atoms with Crippen LogP contribution in [0.25, 0.3) is 0 Å². The van der Waals surface area contributed by atoms with Crippen LogP contribution in [0.4, 0.5) is 26.3 Å². The fourth-order valence-electron chi connectivity index (χ4n) is 1.05. The SMILES string of the molecule is FC(Cl)C(F)(F)Oc1cc(Br)c(Br)cc1OC(F)(F)C(F)Cl. The summed E-state index contributed by atoms with van der Waals surface area (Å²) in [5, 5.41) is 0. The predicted molar refractivity (Wildman–Crippen MR) is 74.5 cm³/mol. The van der Waals surface area contributed by atoms with E-state index in [4.69, 9.17) is 0 Å². The zero-order valence-electron chi connectivity index (χ0n) is 9.91. The van der Waals surface area contributed by atoms with Crippen LogP contribution in [0.5, 0.6) is 11.5 Å². The highest BCUT2D eigenvalue weighted by Gasteiger charge is 2.45. The summed E-state index contributed by atoms with van der Waals surface area (Å²) in [5.74, 6) is -2.03. The summed E-state index contributed by atoms with van der Waals surface area (Å²) >= 11 is 15.0. The summed E-state index contributed by atoms with van der Waals surface area (Å²) in [6, 6.07) is 1.54. The van der Waals surface area contributed by atoms with Crippen molar-refractivity contribution in [3.63, 3.8) is 0 Å². The van der Waals surface area contributed by atoms with E-state index in [9.17, 15) is 26.3 Å². The van der Waals surface area contributed by atoms with Crippen LogP contribution in [0.3, 0.4) is 0 Å². The third-order valence-electron chi connectivity index (χ3n) is 1.99. The van der Waals surface area contributed by atoms with E-state index in [0.29, 0.717) is 0 Å². The molecule has 12 heteroatoms. The van der Waals surface area contributed by atoms with Crippen molar-refractivity contribution in [1.29, 1.82) is 0 Å². The van der Waals surface area contributed by atoms with Crippen molar-refractivity contribution in [2.75, 3.05) is 0 Å². The summed E-state index contributed by atoms with van der Waals surface area (Å²) < 4.78 is 85.7. The molecule has 22 heavy (non-hydrogen) atoms. The van der Waals surface area contributed by atoms with Gasteiger partial charge >= 0.3 is 12.2 Å². The highest BCUT2D eigenvalue weighted by Crippen LogP contribution is 2.42. The van der Waals surface area contributed by atoms with Crippen LogP contribution in [-0.2, 0) is 0 Å². The molecule has 0 N–H and O–H groups in total. The summed E-state index contributed by atoms with van der Waals surface area (Å²) in [4.78, 5) is 0. The third kappa shape index (κ3) is 4.97. The Morgan fingerprint density at radius 1 is 0.818 bits per heavy atom. The lowest BCUT2D eigenvalue weighted by molar-refractivity contribution is -0.213. The number of hydrogen-bond donors (Lipinski definition) is 0. The second-order valence-corrected chi connectivity index (χ2v) is 6.12. The average Bonchev–Trinajstić information content (AvgIpc) is 2.34. The van der Waals surface area contributed by atoms with Gasteiger partial charge in [-0.05, 0) is 44.0 Å². The number of ether oxygens (including phenoxy) is 2. The van der Waals surface area contributed by atoms with Crippen molar-refractivity contribution >= 4 is 55.1 Å². The molecule has 0 fully saturated rings. The summed E-state index contributed by atoms with van der Waals surface area (Å²) in [6.07, 6.45) is -9.09. The van der Waals surface area contributed by atoms with Crippen LogP contribution >= 0.6 is 55.1 Å². The van der Waals surface area contributed by atoms with E-state index >= 15 is 0 Å². The largest absolute Gasteiger partial charge is 0.444 e. The number of halogens is 10. The highest BCUT2D eigenvalue weighted by molar-refractivity contribution is 9.13. The standard InChI is InChI=1S/C10H4Br2Cl2F6O2/c11-3-1-5(21-9(17,18)7(13)15)6(2-4(3)12)22-10(19,20)8(14)16/h1-2,7-8H. The van der Waals surface area contributed by atoms with E-state index in [-0.39, 0.29) is 8.95 Å². The minimum absolute atomic E-state index is 0.0848. The van der Waals surface area contributed by atoms with Gasteiger partial charge in [-0.15, -0.1) is 0 Å². The number of hydrogen-bond acceptors (Lipinski definition) is 2. The summed E-state index contributed by atoms with van der Waals surface area (Å²) in [6.45, 7) is 0.